The summed E-state index contributed by atoms with van der Waals surface area (Å²) in [6.45, 7) is 0.173. The zero-order valence-corrected chi connectivity index (χ0v) is 16.0. The molecular weight excluding hydrogens is 394 g/mol. The fraction of sp³-hybridized carbons (Fsp3) is 0.250. The molecule has 0 fully saturated rings. The Bertz CT molecular complexity index is 946. The molecule has 2 rings (SSSR count). The molecule has 160 valence electrons. The van der Waals surface area contributed by atoms with Gasteiger partial charge in [0.25, 0.3) is 5.91 Å². The minimum Gasteiger partial charge on any atom is -0.504 e. The molecule has 1 atom stereocenters. The van der Waals surface area contributed by atoms with Crippen molar-refractivity contribution in [2.75, 3.05) is 6.54 Å². The van der Waals surface area contributed by atoms with Gasteiger partial charge in [0.15, 0.2) is 23.0 Å². The van der Waals surface area contributed by atoms with Crippen molar-refractivity contribution in [3.05, 3.63) is 47.5 Å². The predicted octanol–water partition coefficient (Wildman–Crippen LogP) is 0.232. The Morgan fingerprint density at radius 3 is 2.13 bits per heavy atom. The highest BCUT2D eigenvalue weighted by Crippen LogP contribution is 2.25. The van der Waals surface area contributed by atoms with Crippen molar-refractivity contribution < 1.29 is 34.8 Å². The number of primary amides is 1. The van der Waals surface area contributed by atoms with Crippen LogP contribution in [0.15, 0.2) is 36.4 Å². The number of phenolic OH excluding ortho intramolecular Hbond substituents is 4. The summed E-state index contributed by atoms with van der Waals surface area (Å²) in [6, 6.07) is 6.67. The summed E-state index contributed by atoms with van der Waals surface area (Å²) < 4.78 is 0. The Kier molecular flexibility index (Phi) is 7.45. The van der Waals surface area contributed by atoms with E-state index >= 15 is 0 Å². The number of aromatic hydroxyl groups is 4. The number of nitrogens with one attached hydrogen (secondary N) is 2. The van der Waals surface area contributed by atoms with E-state index in [0.717, 1.165) is 12.1 Å². The lowest BCUT2D eigenvalue weighted by Crippen LogP contribution is -2.47. The van der Waals surface area contributed by atoms with Gasteiger partial charge in [-0.05, 0) is 48.7 Å². The average Bonchev–Trinajstić information content (AvgIpc) is 2.69. The maximum atomic E-state index is 12.5. The molecule has 0 radical (unpaired) electrons. The van der Waals surface area contributed by atoms with Crippen molar-refractivity contribution in [3.8, 4) is 23.0 Å². The fourth-order valence-electron chi connectivity index (χ4n) is 2.64. The van der Waals surface area contributed by atoms with Gasteiger partial charge < -0.3 is 36.8 Å². The first kappa shape index (κ1) is 22.3. The number of amides is 3. The fourth-order valence-corrected chi connectivity index (χ4v) is 2.64. The average molecular weight is 417 g/mol. The van der Waals surface area contributed by atoms with Gasteiger partial charge in [-0.3, -0.25) is 14.4 Å². The highest BCUT2D eigenvalue weighted by molar-refractivity contribution is 5.98. The van der Waals surface area contributed by atoms with E-state index in [-0.39, 0.29) is 36.4 Å². The SMILES string of the molecule is NC(=O)CC[C@H](NC(=O)c1ccc(O)c(O)c1)C(=O)NCCc1ccc(O)c(O)c1. The van der Waals surface area contributed by atoms with Gasteiger partial charge in [0.05, 0.1) is 0 Å². The Balaban J connectivity index is 2.00. The number of carbonyl (C=O) groups excluding carboxylic acids is 3. The molecule has 0 aromatic heterocycles. The van der Waals surface area contributed by atoms with E-state index < -0.39 is 35.3 Å². The van der Waals surface area contributed by atoms with E-state index in [0.29, 0.717) is 12.0 Å². The molecule has 10 nitrogen and oxygen atoms in total. The molecule has 0 saturated carbocycles. The highest BCUT2D eigenvalue weighted by Gasteiger charge is 2.22. The second kappa shape index (κ2) is 10.0. The number of hydrogen-bond acceptors (Lipinski definition) is 7. The zero-order chi connectivity index (χ0) is 22.3. The number of hydrogen-bond donors (Lipinski definition) is 7. The number of carbonyl (C=O) groups is 3. The molecule has 30 heavy (non-hydrogen) atoms. The van der Waals surface area contributed by atoms with Crippen molar-refractivity contribution in [3.63, 3.8) is 0 Å². The van der Waals surface area contributed by atoms with E-state index in [1.807, 2.05) is 0 Å². The summed E-state index contributed by atoms with van der Waals surface area (Å²) >= 11 is 0. The Morgan fingerprint density at radius 1 is 0.900 bits per heavy atom. The van der Waals surface area contributed by atoms with Gasteiger partial charge in [0.1, 0.15) is 6.04 Å². The molecular formula is C20H23N3O7. The monoisotopic (exact) mass is 417 g/mol. The van der Waals surface area contributed by atoms with Crippen LogP contribution in [-0.4, -0.2) is 50.7 Å². The smallest absolute Gasteiger partial charge is 0.252 e. The van der Waals surface area contributed by atoms with E-state index in [1.54, 1.807) is 6.07 Å². The minimum absolute atomic E-state index is 0.0155. The topological polar surface area (TPSA) is 182 Å². The molecule has 2 aromatic rings. The summed E-state index contributed by atoms with van der Waals surface area (Å²) in [5.74, 6) is -3.27. The van der Waals surface area contributed by atoms with Crippen LogP contribution >= 0.6 is 0 Å². The van der Waals surface area contributed by atoms with Crippen LogP contribution in [0, 0.1) is 0 Å². The van der Waals surface area contributed by atoms with Gasteiger partial charge in [0.2, 0.25) is 11.8 Å². The quantitative estimate of drug-likeness (QED) is 0.285. The lowest BCUT2D eigenvalue weighted by molar-refractivity contribution is -0.123. The minimum atomic E-state index is -1.06. The maximum Gasteiger partial charge on any atom is 0.252 e. The van der Waals surface area contributed by atoms with Gasteiger partial charge in [-0.1, -0.05) is 6.07 Å². The van der Waals surface area contributed by atoms with E-state index in [1.165, 1.54) is 18.2 Å². The van der Waals surface area contributed by atoms with Gasteiger partial charge in [-0.25, -0.2) is 0 Å². The summed E-state index contributed by atoms with van der Waals surface area (Å²) in [7, 11) is 0. The number of nitrogens with two attached hydrogens (primary N) is 1. The molecule has 0 bridgehead atoms. The normalized spacial score (nSPS) is 11.5. The Hall–Kier alpha value is -3.95. The predicted molar refractivity (Wildman–Crippen MR) is 106 cm³/mol. The molecule has 0 aliphatic carbocycles. The molecule has 10 heteroatoms. The zero-order valence-electron chi connectivity index (χ0n) is 16.0. The highest BCUT2D eigenvalue weighted by atomic mass is 16.3. The van der Waals surface area contributed by atoms with E-state index in [4.69, 9.17) is 5.73 Å². The van der Waals surface area contributed by atoms with Crippen molar-refractivity contribution >= 4 is 17.7 Å². The Morgan fingerprint density at radius 2 is 1.53 bits per heavy atom. The number of phenols is 4. The van der Waals surface area contributed by atoms with Crippen molar-refractivity contribution in [1.82, 2.24) is 10.6 Å². The Labute approximate surface area is 172 Å². The molecule has 2 aromatic carbocycles. The van der Waals surface area contributed by atoms with Crippen LogP contribution < -0.4 is 16.4 Å². The summed E-state index contributed by atoms with van der Waals surface area (Å²) in [6.07, 6.45) is 0.184. The van der Waals surface area contributed by atoms with Crippen molar-refractivity contribution in [1.29, 1.82) is 0 Å². The third-order valence-electron chi connectivity index (χ3n) is 4.29. The molecule has 3 amide bonds. The second-order valence-electron chi connectivity index (χ2n) is 6.60. The van der Waals surface area contributed by atoms with Crippen LogP contribution in [-0.2, 0) is 16.0 Å². The standard InChI is InChI=1S/C20H23N3O7/c21-18(28)6-3-13(23-19(29)12-2-5-15(25)17(27)10-12)20(30)22-8-7-11-1-4-14(24)16(26)9-11/h1-2,4-5,9-10,13,24-27H,3,6-8H2,(H2,21,28)(H,22,30)(H,23,29)/t13-/m0/s1. The van der Waals surface area contributed by atoms with Gasteiger partial charge >= 0.3 is 0 Å². The van der Waals surface area contributed by atoms with Gasteiger partial charge in [0, 0.05) is 18.5 Å². The van der Waals surface area contributed by atoms with Crippen LogP contribution in [0.3, 0.4) is 0 Å². The van der Waals surface area contributed by atoms with E-state index in [2.05, 4.69) is 10.6 Å². The largest absolute Gasteiger partial charge is 0.504 e. The first-order chi connectivity index (χ1) is 14.2. The number of benzene rings is 2. The molecule has 0 spiro atoms. The van der Waals surface area contributed by atoms with E-state index in [9.17, 15) is 34.8 Å². The molecule has 8 N–H and O–H groups in total. The summed E-state index contributed by atoms with van der Waals surface area (Å²) in [4.78, 5) is 36.0. The van der Waals surface area contributed by atoms with Crippen molar-refractivity contribution in [2.45, 2.75) is 25.3 Å². The molecule has 0 unspecified atom stereocenters. The second-order valence-corrected chi connectivity index (χ2v) is 6.60. The molecule has 0 aliphatic heterocycles. The van der Waals surface area contributed by atoms with Crippen LogP contribution in [0.1, 0.15) is 28.8 Å². The first-order valence-electron chi connectivity index (χ1n) is 9.07. The van der Waals surface area contributed by atoms with Crippen LogP contribution in [0.4, 0.5) is 0 Å². The molecule has 0 heterocycles. The first-order valence-corrected chi connectivity index (χ1v) is 9.07. The van der Waals surface area contributed by atoms with Crippen LogP contribution in [0.5, 0.6) is 23.0 Å². The third kappa shape index (κ3) is 6.30. The van der Waals surface area contributed by atoms with Crippen LogP contribution in [0.25, 0.3) is 0 Å². The van der Waals surface area contributed by atoms with Gasteiger partial charge in [-0.15, -0.1) is 0 Å². The van der Waals surface area contributed by atoms with Crippen LogP contribution in [0.2, 0.25) is 0 Å². The molecule has 0 saturated heterocycles. The molecule has 0 aliphatic rings. The summed E-state index contributed by atoms with van der Waals surface area (Å²) in [5.41, 5.74) is 5.82. The lowest BCUT2D eigenvalue weighted by Gasteiger charge is -2.18. The maximum absolute atomic E-state index is 12.5. The van der Waals surface area contributed by atoms with Crippen molar-refractivity contribution in [2.24, 2.45) is 5.73 Å². The lowest BCUT2D eigenvalue weighted by atomic mass is 10.1. The summed E-state index contributed by atoms with van der Waals surface area (Å²) in [5, 5.41) is 42.8. The number of rotatable bonds is 9. The third-order valence-corrected chi connectivity index (χ3v) is 4.29. The van der Waals surface area contributed by atoms with Gasteiger partial charge in [-0.2, -0.15) is 0 Å².